The van der Waals surface area contributed by atoms with E-state index in [-0.39, 0.29) is 12.4 Å². The van der Waals surface area contributed by atoms with Gasteiger partial charge in [0.05, 0.1) is 7.11 Å². The molecule has 0 aromatic heterocycles. The van der Waals surface area contributed by atoms with E-state index in [1.54, 1.807) is 0 Å². The first-order chi connectivity index (χ1) is 15.7. The predicted octanol–water partition coefficient (Wildman–Crippen LogP) is 7.04. The number of esters is 1. The first kappa shape index (κ1) is 34.0. The van der Waals surface area contributed by atoms with Crippen LogP contribution in [0.25, 0.3) is 0 Å². The van der Waals surface area contributed by atoms with Crippen molar-refractivity contribution in [2.45, 2.75) is 119 Å². The molecule has 0 aromatic carbocycles. The number of carbonyl (C=O) groups excluding carboxylic acids is 1. The molecule has 0 heterocycles. The monoisotopic (exact) mass is 474 g/mol. The first-order valence-electron chi connectivity index (χ1n) is 13.2. The molecule has 0 saturated heterocycles. The molecule has 33 heavy (non-hydrogen) atoms. The highest BCUT2D eigenvalue weighted by atomic mass is 16.5. The number of methoxy groups -OCH3 is 1. The van der Waals surface area contributed by atoms with Crippen LogP contribution in [0.3, 0.4) is 0 Å². The van der Waals surface area contributed by atoms with E-state index in [1.807, 2.05) is 0 Å². The molecule has 0 fully saturated rings. The summed E-state index contributed by atoms with van der Waals surface area (Å²) in [6.45, 7) is 16.2. The third-order valence-electron chi connectivity index (χ3n) is 7.63. The number of hydrogen-bond donors (Lipinski definition) is 1. The summed E-state index contributed by atoms with van der Waals surface area (Å²) in [6.07, 6.45) is 11.5. The zero-order valence-corrected chi connectivity index (χ0v) is 22.8. The van der Waals surface area contributed by atoms with Crippen LogP contribution in [-0.2, 0) is 23.8 Å². The van der Waals surface area contributed by atoms with Gasteiger partial charge in [0.25, 0.3) is 0 Å². The molecule has 0 unspecified atom stereocenters. The Kier molecular flexibility index (Phi) is 22.1. The Bertz CT molecular complexity index is 453. The van der Waals surface area contributed by atoms with Crippen LogP contribution in [0.4, 0.5) is 0 Å². The Balaban J connectivity index is 0. The Morgan fingerprint density at radius 2 is 1.00 bits per heavy atom. The summed E-state index contributed by atoms with van der Waals surface area (Å²) in [6, 6.07) is 0. The molecular weight excluding hydrogens is 420 g/mol. The summed E-state index contributed by atoms with van der Waals surface area (Å²) in [5, 5.41) is 8.46. The van der Waals surface area contributed by atoms with Gasteiger partial charge in [-0.1, -0.05) is 80.1 Å². The maximum absolute atomic E-state index is 10.9. The predicted molar refractivity (Wildman–Crippen MR) is 136 cm³/mol. The van der Waals surface area contributed by atoms with Crippen molar-refractivity contribution in [3.05, 3.63) is 0 Å². The highest BCUT2D eigenvalue weighted by Gasteiger charge is 2.23. The van der Waals surface area contributed by atoms with Gasteiger partial charge in [0.2, 0.25) is 0 Å². The van der Waals surface area contributed by atoms with E-state index in [0.717, 1.165) is 32.5 Å². The minimum atomic E-state index is -0.742. The van der Waals surface area contributed by atoms with Crippen molar-refractivity contribution in [2.24, 2.45) is 10.8 Å². The van der Waals surface area contributed by atoms with Crippen molar-refractivity contribution < 1.29 is 28.9 Å². The number of aliphatic carboxylic acids is 1. The van der Waals surface area contributed by atoms with Gasteiger partial charge in [0, 0.05) is 39.3 Å². The van der Waals surface area contributed by atoms with Crippen molar-refractivity contribution in [2.75, 3.05) is 33.5 Å². The molecule has 0 aliphatic carbocycles. The fourth-order valence-electron chi connectivity index (χ4n) is 4.09. The number of hydrogen-bond acceptors (Lipinski definition) is 5. The lowest BCUT2D eigenvalue weighted by Gasteiger charge is -2.30. The van der Waals surface area contributed by atoms with E-state index in [4.69, 9.17) is 14.6 Å². The van der Waals surface area contributed by atoms with E-state index in [1.165, 1.54) is 45.6 Å². The summed E-state index contributed by atoms with van der Waals surface area (Å²) >= 11 is 0. The zero-order valence-electron chi connectivity index (χ0n) is 22.8. The zero-order chi connectivity index (χ0) is 25.6. The molecule has 0 rings (SSSR count). The molecule has 0 bridgehead atoms. The molecule has 6 nitrogen and oxygen atoms in total. The van der Waals surface area contributed by atoms with Crippen molar-refractivity contribution in [1.29, 1.82) is 0 Å². The lowest BCUT2D eigenvalue weighted by Crippen LogP contribution is -2.20. The van der Waals surface area contributed by atoms with Crippen LogP contribution in [0.15, 0.2) is 0 Å². The highest BCUT2D eigenvalue weighted by molar-refractivity contribution is 5.69. The molecule has 198 valence electrons. The Morgan fingerprint density at radius 1 is 0.636 bits per heavy atom. The summed E-state index contributed by atoms with van der Waals surface area (Å²) in [5.41, 5.74) is 0.870. The molecule has 0 aliphatic heterocycles. The molecule has 0 radical (unpaired) electrons. The van der Waals surface area contributed by atoms with E-state index < -0.39 is 5.97 Å². The van der Waals surface area contributed by atoms with Crippen molar-refractivity contribution in [3.8, 4) is 0 Å². The average molecular weight is 475 g/mol. The second-order valence-electron chi connectivity index (χ2n) is 9.02. The maximum Gasteiger partial charge on any atom is 0.305 e. The lowest BCUT2D eigenvalue weighted by atomic mass is 9.77. The largest absolute Gasteiger partial charge is 0.481 e. The minimum absolute atomic E-state index is 0.154. The van der Waals surface area contributed by atoms with Crippen molar-refractivity contribution in [1.82, 2.24) is 0 Å². The fraction of sp³-hybridized carbons (Fsp3) is 0.926. The van der Waals surface area contributed by atoms with E-state index >= 15 is 0 Å². The van der Waals surface area contributed by atoms with E-state index in [2.05, 4.69) is 46.3 Å². The second-order valence-corrected chi connectivity index (χ2v) is 9.02. The van der Waals surface area contributed by atoms with Gasteiger partial charge in [0.1, 0.15) is 0 Å². The second kappa shape index (κ2) is 21.4. The normalized spacial score (nSPS) is 11.6. The smallest absolute Gasteiger partial charge is 0.305 e. The standard InChI is InChI=1S/C14H28O3.C13H26O3/c1-5-14(6-2,7-3)10-12-17-11-8-9-13(15)16-4;1-4-13(5-2,6-3)9-11-16-10-7-8-12(14)15/h5-12H2,1-4H3;4-11H2,1-3H3,(H,14,15). The van der Waals surface area contributed by atoms with Crippen LogP contribution in [0.1, 0.15) is 119 Å². The third-order valence-corrected chi connectivity index (χ3v) is 7.63. The van der Waals surface area contributed by atoms with Gasteiger partial charge in [-0.15, -0.1) is 0 Å². The van der Waals surface area contributed by atoms with Crippen LogP contribution in [0.2, 0.25) is 0 Å². The van der Waals surface area contributed by atoms with Gasteiger partial charge in [-0.2, -0.15) is 0 Å². The van der Waals surface area contributed by atoms with Crippen molar-refractivity contribution >= 4 is 11.9 Å². The topological polar surface area (TPSA) is 82.1 Å². The summed E-state index contributed by atoms with van der Waals surface area (Å²) < 4.78 is 15.6. The quantitative estimate of drug-likeness (QED) is 0.150. The number of carboxylic acid groups (broad SMARTS) is 1. The molecule has 0 amide bonds. The SMILES string of the molecule is CCC(CC)(CC)CCOCCCC(=O)O.CCC(CC)(CC)CCOCCCC(=O)OC. The number of ether oxygens (including phenoxy) is 3. The fourth-order valence-corrected chi connectivity index (χ4v) is 4.09. The Hall–Kier alpha value is -1.14. The molecule has 1 N–H and O–H groups in total. The van der Waals surface area contributed by atoms with Gasteiger partial charge in [-0.05, 0) is 36.5 Å². The van der Waals surface area contributed by atoms with Crippen LogP contribution in [0.5, 0.6) is 0 Å². The minimum Gasteiger partial charge on any atom is -0.481 e. The van der Waals surface area contributed by atoms with E-state index in [0.29, 0.717) is 36.9 Å². The average Bonchev–Trinajstić information content (AvgIpc) is 2.84. The summed E-state index contributed by atoms with van der Waals surface area (Å²) in [7, 11) is 1.42. The first-order valence-corrected chi connectivity index (χ1v) is 13.2. The van der Waals surface area contributed by atoms with Crippen LogP contribution in [-0.4, -0.2) is 50.6 Å². The molecule has 6 heteroatoms. The molecule has 0 saturated carbocycles. The molecule has 0 atom stereocenters. The van der Waals surface area contributed by atoms with Gasteiger partial charge < -0.3 is 19.3 Å². The summed E-state index contributed by atoms with van der Waals surface area (Å²) in [5.74, 6) is -0.896. The number of rotatable bonds is 20. The number of carbonyl (C=O) groups is 2. The Labute approximate surface area is 204 Å². The molecule has 0 aliphatic rings. The van der Waals surface area contributed by atoms with Gasteiger partial charge in [-0.3, -0.25) is 9.59 Å². The van der Waals surface area contributed by atoms with Crippen LogP contribution < -0.4 is 0 Å². The maximum atomic E-state index is 10.9. The highest BCUT2D eigenvalue weighted by Crippen LogP contribution is 2.34. The number of carboxylic acids is 1. The van der Waals surface area contributed by atoms with Gasteiger partial charge >= 0.3 is 11.9 Å². The third kappa shape index (κ3) is 17.0. The van der Waals surface area contributed by atoms with Crippen LogP contribution in [0, 0.1) is 10.8 Å². The molecule has 0 spiro atoms. The van der Waals surface area contributed by atoms with E-state index in [9.17, 15) is 9.59 Å². The molecular formula is C27H54O6. The Morgan fingerprint density at radius 3 is 1.30 bits per heavy atom. The van der Waals surface area contributed by atoms with Gasteiger partial charge in [0.15, 0.2) is 0 Å². The molecule has 0 aromatic rings. The van der Waals surface area contributed by atoms with Gasteiger partial charge in [-0.25, -0.2) is 0 Å². The lowest BCUT2D eigenvalue weighted by molar-refractivity contribution is -0.141. The van der Waals surface area contributed by atoms with Crippen molar-refractivity contribution in [3.63, 3.8) is 0 Å². The summed E-state index contributed by atoms with van der Waals surface area (Å²) in [4.78, 5) is 21.1. The van der Waals surface area contributed by atoms with Crippen LogP contribution >= 0.6 is 0 Å².